The van der Waals surface area contributed by atoms with E-state index in [4.69, 9.17) is 9.47 Å². The summed E-state index contributed by atoms with van der Waals surface area (Å²) in [5, 5.41) is 0. The van der Waals surface area contributed by atoms with Gasteiger partial charge in [-0.1, -0.05) is 0 Å². The second kappa shape index (κ2) is 6.01. The van der Waals surface area contributed by atoms with Gasteiger partial charge >= 0.3 is 0 Å². The van der Waals surface area contributed by atoms with E-state index in [9.17, 15) is 4.79 Å². The van der Waals surface area contributed by atoms with Crippen molar-refractivity contribution in [3.05, 3.63) is 29.8 Å². The molecule has 1 aliphatic heterocycles. The average molecular weight is 248 g/mol. The molecule has 0 aromatic heterocycles. The second-order valence-electron chi connectivity index (χ2n) is 5.05. The lowest BCUT2D eigenvalue weighted by atomic mass is 9.98. The Morgan fingerprint density at radius 1 is 1.39 bits per heavy atom. The maximum atomic E-state index is 12.0. The highest BCUT2D eigenvalue weighted by atomic mass is 16.5. The first kappa shape index (κ1) is 13.1. The van der Waals surface area contributed by atoms with Gasteiger partial charge in [-0.05, 0) is 50.5 Å². The minimum Gasteiger partial charge on any atom is -0.491 e. The van der Waals surface area contributed by atoms with Gasteiger partial charge in [-0.15, -0.1) is 0 Å². The Bertz CT molecular complexity index is 389. The Hall–Kier alpha value is -1.35. The van der Waals surface area contributed by atoms with E-state index in [1.807, 2.05) is 38.1 Å². The molecular formula is C15H20O3. The van der Waals surface area contributed by atoms with Gasteiger partial charge in [0.1, 0.15) is 5.75 Å². The lowest BCUT2D eigenvalue weighted by molar-refractivity contribution is 0.0952. The van der Waals surface area contributed by atoms with E-state index in [1.165, 1.54) is 0 Å². The molecule has 0 saturated carbocycles. The van der Waals surface area contributed by atoms with Gasteiger partial charge in [0.2, 0.25) is 0 Å². The molecule has 1 heterocycles. The van der Waals surface area contributed by atoms with E-state index in [-0.39, 0.29) is 11.9 Å². The number of benzene rings is 1. The van der Waals surface area contributed by atoms with Crippen LogP contribution in [0, 0.1) is 5.92 Å². The van der Waals surface area contributed by atoms with Gasteiger partial charge in [0, 0.05) is 25.2 Å². The third-order valence-corrected chi connectivity index (χ3v) is 3.05. The molecule has 98 valence electrons. The van der Waals surface area contributed by atoms with Crippen LogP contribution in [0.15, 0.2) is 24.3 Å². The van der Waals surface area contributed by atoms with Crippen LogP contribution < -0.4 is 4.74 Å². The van der Waals surface area contributed by atoms with E-state index in [2.05, 4.69) is 0 Å². The number of ketones is 1. The fourth-order valence-corrected chi connectivity index (χ4v) is 2.12. The zero-order valence-corrected chi connectivity index (χ0v) is 11.0. The highest BCUT2D eigenvalue weighted by Crippen LogP contribution is 2.20. The topological polar surface area (TPSA) is 35.5 Å². The number of rotatable bonds is 5. The normalized spacial score (nSPS) is 19.2. The van der Waals surface area contributed by atoms with Crippen molar-refractivity contribution in [1.29, 1.82) is 0 Å². The molecule has 18 heavy (non-hydrogen) atoms. The maximum Gasteiger partial charge on any atom is 0.163 e. The van der Waals surface area contributed by atoms with Crippen molar-refractivity contribution in [2.75, 3.05) is 13.2 Å². The predicted molar refractivity (Wildman–Crippen MR) is 70.1 cm³/mol. The van der Waals surface area contributed by atoms with Gasteiger partial charge in [0.15, 0.2) is 5.78 Å². The summed E-state index contributed by atoms with van der Waals surface area (Å²) in [6, 6.07) is 7.41. The van der Waals surface area contributed by atoms with Gasteiger partial charge in [0.05, 0.1) is 6.10 Å². The van der Waals surface area contributed by atoms with Gasteiger partial charge in [0.25, 0.3) is 0 Å². The largest absolute Gasteiger partial charge is 0.491 e. The highest BCUT2D eigenvalue weighted by molar-refractivity contribution is 5.96. The molecule has 3 heteroatoms. The minimum absolute atomic E-state index is 0.155. The Morgan fingerprint density at radius 2 is 2.11 bits per heavy atom. The molecule has 0 radical (unpaired) electrons. The number of hydrogen-bond acceptors (Lipinski definition) is 3. The Morgan fingerprint density at radius 3 is 2.67 bits per heavy atom. The van der Waals surface area contributed by atoms with Crippen LogP contribution in [0.5, 0.6) is 5.75 Å². The predicted octanol–water partition coefficient (Wildman–Crippen LogP) is 3.08. The molecule has 3 nitrogen and oxygen atoms in total. The lowest BCUT2D eigenvalue weighted by Crippen LogP contribution is -2.09. The minimum atomic E-state index is 0.155. The lowest BCUT2D eigenvalue weighted by Gasteiger charge is -2.10. The van der Waals surface area contributed by atoms with Crippen molar-refractivity contribution in [3.63, 3.8) is 0 Å². The summed E-state index contributed by atoms with van der Waals surface area (Å²) in [5.74, 6) is 1.40. The van der Waals surface area contributed by atoms with Crippen molar-refractivity contribution >= 4 is 5.78 Å². The molecule has 0 amide bonds. The van der Waals surface area contributed by atoms with Gasteiger partial charge in [-0.3, -0.25) is 4.79 Å². The quantitative estimate of drug-likeness (QED) is 0.751. The van der Waals surface area contributed by atoms with Crippen LogP contribution in [-0.4, -0.2) is 25.1 Å². The van der Waals surface area contributed by atoms with E-state index >= 15 is 0 Å². The average Bonchev–Trinajstić information content (AvgIpc) is 2.82. The van der Waals surface area contributed by atoms with Crippen LogP contribution in [0.4, 0.5) is 0 Å². The second-order valence-corrected chi connectivity index (χ2v) is 5.05. The van der Waals surface area contributed by atoms with Crippen LogP contribution in [-0.2, 0) is 4.74 Å². The molecule has 2 rings (SSSR count). The van der Waals surface area contributed by atoms with Crippen LogP contribution in [0.25, 0.3) is 0 Å². The number of carbonyl (C=O) groups is 1. The smallest absolute Gasteiger partial charge is 0.163 e. The monoisotopic (exact) mass is 248 g/mol. The molecule has 1 aromatic rings. The summed E-state index contributed by atoms with van der Waals surface area (Å²) in [5.41, 5.74) is 0.762. The van der Waals surface area contributed by atoms with Crippen molar-refractivity contribution < 1.29 is 14.3 Å². The van der Waals surface area contributed by atoms with E-state index in [1.54, 1.807) is 0 Å². The SMILES string of the molecule is CC(C)Oc1ccc(C(=O)CC2CCOC2)cc1. The van der Waals surface area contributed by atoms with Crippen molar-refractivity contribution in [3.8, 4) is 5.75 Å². The molecule has 1 unspecified atom stereocenters. The first-order valence-electron chi connectivity index (χ1n) is 6.53. The third kappa shape index (κ3) is 3.57. The van der Waals surface area contributed by atoms with Crippen LogP contribution in [0.1, 0.15) is 37.0 Å². The molecule has 0 spiro atoms. The van der Waals surface area contributed by atoms with E-state index < -0.39 is 0 Å². The fraction of sp³-hybridized carbons (Fsp3) is 0.533. The zero-order chi connectivity index (χ0) is 13.0. The molecule has 1 atom stereocenters. The Kier molecular flexibility index (Phi) is 4.37. The molecule has 1 fully saturated rings. The molecule has 1 aromatic carbocycles. The van der Waals surface area contributed by atoms with Crippen molar-refractivity contribution in [2.24, 2.45) is 5.92 Å². The van der Waals surface area contributed by atoms with Crippen LogP contribution >= 0.6 is 0 Å². The number of hydrogen-bond donors (Lipinski definition) is 0. The molecule has 0 N–H and O–H groups in total. The summed E-state index contributed by atoms with van der Waals surface area (Å²) < 4.78 is 10.8. The number of ether oxygens (including phenoxy) is 2. The van der Waals surface area contributed by atoms with Gasteiger partial charge in [-0.25, -0.2) is 0 Å². The van der Waals surface area contributed by atoms with E-state index in [0.717, 1.165) is 30.9 Å². The highest BCUT2D eigenvalue weighted by Gasteiger charge is 2.19. The van der Waals surface area contributed by atoms with Gasteiger partial charge in [-0.2, -0.15) is 0 Å². The fourth-order valence-electron chi connectivity index (χ4n) is 2.12. The number of Topliss-reactive ketones (excluding diaryl/α,β-unsaturated/α-hetero) is 1. The van der Waals surface area contributed by atoms with Gasteiger partial charge < -0.3 is 9.47 Å². The summed E-state index contributed by atoms with van der Waals surface area (Å²) in [4.78, 5) is 12.0. The first-order chi connectivity index (χ1) is 8.65. The summed E-state index contributed by atoms with van der Waals surface area (Å²) >= 11 is 0. The summed E-state index contributed by atoms with van der Waals surface area (Å²) in [6.45, 7) is 5.48. The standard InChI is InChI=1S/C15H20O3/c1-11(2)18-14-5-3-13(4-6-14)15(16)9-12-7-8-17-10-12/h3-6,11-12H,7-10H2,1-2H3. The van der Waals surface area contributed by atoms with Crippen molar-refractivity contribution in [1.82, 2.24) is 0 Å². The zero-order valence-electron chi connectivity index (χ0n) is 11.0. The first-order valence-corrected chi connectivity index (χ1v) is 6.53. The van der Waals surface area contributed by atoms with E-state index in [0.29, 0.717) is 12.3 Å². The Labute approximate surface area is 108 Å². The third-order valence-electron chi connectivity index (χ3n) is 3.05. The van der Waals surface area contributed by atoms with Crippen molar-refractivity contribution in [2.45, 2.75) is 32.8 Å². The molecule has 1 saturated heterocycles. The number of carbonyl (C=O) groups excluding carboxylic acids is 1. The van der Waals surface area contributed by atoms with Crippen LogP contribution in [0.2, 0.25) is 0 Å². The Balaban J connectivity index is 1.93. The molecule has 1 aliphatic rings. The molecule has 0 bridgehead atoms. The molecule has 0 aliphatic carbocycles. The summed E-state index contributed by atoms with van der Waals surface area (Å²) in [6.07, 6.45) is 1.74. The van der Waals surface area contributed by atoms with Crippen LogP contribution in [0.3, 0.4) is 0 Å². The molecular weight excluding hydrogens is 228 g/mol. The maximum absolute atomic E-state index is 12.0. The summed E-state index contributed by atoms with van der Waals surface area (Å²) in [7, 11) is 0.